The van der Waals surface area contributed by atoms with E-state index in [1.807, 2.05) is 0 Å². The Morgan fingerprint density at radius 2 is 1.95 bits per heavy atom. The van der Waals surface area contributed by atoms with Gasteiger partial charge >= 0.3 is 5.97 Å². The second-order valence-electron chi connectivity index (χ2n) is 4.68. The molecule has 1 N–H and O–H groups in total. The van der Waals surface area contributed by atoms with Gasteiger partial charge in [-0.15, -0.1) is 0 Å². The normalized spacial score (nSPS) is 19.9. The van der Waals surface area contributed by atoms with Gasteiger partial charge in [0.25, 0.3) is 0 Å². The minimum Gasteiger partial charge on any atom is -0.481 e. The Labute approximate surface area is 119 Å². The highest BCUT2D eigenvalue weighted by molar-refractivity contribution is 7.89. The molecule has 1 unspecified atom stereocenters. The van der Waals surface area contributed by atoms with E-state index in [0.29, 0.717) is 25.0 Å². The van der Waals surface area contributed by atoms with E-state index in [2.05, 4.69) is 0 Å². The van der Waals surface area contributed by atoms with E-state index in [1.165, 1.54) is 0 Å². The van der Waals surface area contributed by atoms with E-state index < -0.39 is 50.8 Å². The van der Waals surface area contributed by atoms with E-state index in [0.717, 1.165) is 4.31 Å². The Morgan fingerprint density at radius 1 is 1.29 bits per heavy atom. The van der Waals surface area contributed by atoms with Crippen molar-refractivity contribution in [3.8, 4) is 0 Å². The molecule has 9 heteroatoms. The topological polar surface area (TPSA) is 74.7 Å². The fourth-order valence-electron chi connectivity index (χ4n) is 2.36. The van der Waals surface area contributed by atoms with Gasteiger partial charge in [0.2, 0.25) is 10.0 Å². The molecule has 0 bridgehead atoms. The molecule has 1 saturated heterocycles. The zero-order chi connectivity index (χ0) is 15.8. The summed E-state index contributed by atoms with van der Waals surface area (Å²) >= 11 is 0. The summed E-state index contributed by atoms with van der Waals surface area (Å²) in [6, 6.07) is 0.340. The van der Waals surface area contributed by atoms with Crippen LogP contribution in [0.1, 0.15) is 19.3 Å². The maximum Gasteiger partial charge on any atom is 0.304 e. The Morgan fingerprint density at radius 3 is 2.57 bits per heavy atom. The van der Waals surface area contributed by atoms with Gasteiger partial charge in [-0.2, -0.15) is 4.31 Å². The summed E-state index contributed by atoms with van der Waals surface area (Å²) in [4.78, 5) is 9.74. The number of halogens is 3. The lowest BCUT2D eigenvalue weighted by Gasteiger charge is -2.23. The third-order valence-corrected chi connectivity index (χ3v) is 5.29. The first-order valence-electron chi connectivity index (χ1n) is 6.12. The average Bonchev–Trinajstić information content (AvgIpc) is 2.83. The van der Waals surface area contributed by atoms with E-state index in [-0.39, 0.29) is 6.54 Å². The molecule has 1 aromatic rings. The lowest BCUT2D eigenvalue weighted by Crippen LogP contribution is -2.37. The summed E-state index contributed by atoms with van der Waals surface area (Å²) in [7, 11) is -4.42. The molecule has 1 heterocycles. The molecule has 1 aliphatic rings. The number of rotatable bonds is 4. The third kappa shape index (κ3) is 2.88. The SMILES string of the molecule is O=C(O)CC1CCCN1S(=O)(=O)c1ccc(F)c(F)c1F. The molecular weight excluding hydrogens is 311 g/mol. The van der Waals surface area contributed by atoms with Crippen molar-refractivity contribution in [3.05, 3.63) is 29.6 Å². The molecule has 1 aliphatic heterocycles. The smallest absolute Gasteiger partial charge is 0.304 e. The Kier molecular flexibility index (Phi) is 4.24. The Hall–Kier alpha value is -1.61. The summed E-state index contributed by atoms with van der Waals surface area (Å²) in [5.74, 6) is -6.34. The molecule has 0 radical (unpaired) electrons. The lowest BCUT2D eigenvalue weighted by molar-refractivity contribution is -0.137. The predicted octanol–water partition coefficient (Wildman–Crippen LogP) is 1.73. The van der Waals surface area contributed by atoms with Gasteiger partial charge in [0.1, 0.15) is 4.90 Å². The van der Waals surface area contributed by atoms with Crippen molar-refractivity contribution >= 4 is 16.0 Å². The summed E-state index contributed by atoms with van der Waals surface area (Å²) < 4.78 is 65.2. The van der Waals surface area contributed by atoms with Gasteiger partial charge in [-0.25, -0.2) is 21.6 Å². The molecular formula is C12H12F3NO4S. The molecule has 1 aromatic carbocycles. The summed E-state index contributed by atoms with van der Waals surface area (Å²) in [6.45, 7) is 0.0126. The van der Waals surface area contributed by atoms with Gasteiger partial charge in [-0.3, -0.25) is 4.79 Å². The number of hydrogen-bond donors (Lipinski definition) is 1. The number of benzene rings is 1. The number of carboxylic acid groups (broad SMARTS) is 1. The molecule has 0 spiro atoms. The molecule has 0 aliphatic carbocycles. The number of carbonyl (C=O) groups is 1. The maximum atomic E-state index is 13.7. The first-order valence-corrected chi connectivity index (χ1v) is 7.56. The second-order valence-corrected chi connectivity index (χ2v) is 6.54. The fourth-order valence-corrected chi connectivity index (χ4v) is 4.12. The van der Waals surface area contributed by atoms with Crippen LogP contribution in [0, 0.1) is 17.5 Å². The minimum atomic E-state index is -4.42. The van der Waals surface area contributed by atoms with E-state index in [9.17, 15) is 26.4 Å². The van der Waals surface area contributed by atoms with Crippen molar-refractivity contribution in [1.29, 1.82) is 0 Å². The first kappa shape index (κ1) is 15.8. The number of aliphatic carboxylic acids is 1. The van der Waals surface area contributed by atoms with Crippen LogP contribution >= 0.6 is 0 Å². The predicted molar refractivity (Wildman–Crippen MR) is 65.5 cm³/mol. The van der Waals surface area contributed by atoms with Gasteiger partial charge < -0.3 is 5.11 Å². The van der Waals surface area contributed by atoms with Gasteiger partial charge in [0.05, 0.1) is 6.42 Å². The lowest BCUT2D eigenvalue weighted by atomic mass is 10.2. The highest BCUT2D eigenvalue weighted by atomic mass is 32.2. The van der Waals surface area contributed by atoms with E-state index >= 15 is 0 Å². The number of sulfonamides is 1. The Balaban J connectivity index is 2.42. The average molecular weight is 323 g/mol. The molecule has 0 aromatic heterocycles. The van der Waals surface area contributed by atoms with Crippen LogP contribution in [-0.4, -0.2) is 36.4 Å². The van der Waals surface area contributed by atoms with Crippen LogP contribution in [0.4, 0.5) is 13.2 Å². The fraction of sp³-hybridized carbons (Fsp3) is 0.417. The van der Waals surface area contributed by atoms with Crippen molar-refractivity contribution in [2.24, 2.45) is 0 Å². The van der Waals surface area contributed by atoms with Gasteiger partial charge in [-0.1, -0.05) is 0 Å². The van der Waals surface area contributed by atoms with Crippen LogP contribution < -0.4 is 0 Å². The van der Waals surface area contributed by atoms with Gasteiger partial charge in [0, 0.05) is 12.6 Å². The monoisotopic (exact) mass is 323 g/mol. The summed E-state index contributed by atoms with van der Waals surface area (Å²) in [6.07, 6.45) is 0.309. The quantitative estimate of drug-likeness (QED) is 0.856. The standard InChI is InChI=1S/C12H12F3NO4S/c13-8-3-4-9(12(15)11(8)14)21(19,20)16-5-1-2-7(16)6-10(17)18/h3-4,7H,1-2,5-6H2,(H,17,18). The molecule has 0 saturated carbocycles. The molecule has 1 atom stereocenters. The van der Waals surface area contributed by atoms with Crippen molar-refractivity contribution in [3.63, 3.8) is 0 Å². The van der Waals surface area contributed by atoms with Crippen molar-refractivity contribution in [2.45, 2.75) is 30.2 Å². The summed E-state index contributed by atoms with van der Waals surface area (Å²) in [5.41, 5.74) is 0. The van der Waals surface area contributed by atoms with Crippen molar-refractivity contribution < 1.29 is 31.5 Å². The zero-order valence-electron chi connectivity index (χ0n) is 10.7. The van der Waals surface area contributed by atoms with E-state index in [1.54, 1.807) is 0 Å². The minimum absolute atomic E-state index is 0.0126. The van der Waals surface area contributed by atoms with Crippen LogP contribution in [0.25, 0.3) is 0 Å². The molecule has 2 rings (SSSR count). The van der Waals surface area contributed by atoms with Crippen LogP contribution in [0.3, 0.4) is 0 Å². The third-order valence-electron chi connectivity index (χ3n) is 3.32. The number of carboxylic acids is 1. The maximum absolute atomic E-state index is 13.7. The van der Waals surface area contributed by atoms with Gasteiger partial charge in [-0.05, 0) is 25.0 Å². The molecule has 1 fully saturated rings. The molecule has 5 nitrogen and oxygen atoms in total. The number of nitrogens with zero attached hydrogens (tertiary/aromatic N) is 1. The summed E-state index contributed by atoms with van der Waals surface area (Å²) in [5, 5.41) is 8.76. The molecule has 116 valence electrons. The highest BCUT2D eigenvalue weighted by Crippen LogP contribution is 2.30. The van der Waals surface area contributed by atoms with E-state index in [4.69, 9.17) is 5.11 Å². The van der Waals surface area contributed by atoms with Crippen LogP contribution in [0.15, 0.2) is 17.0 Å². The van der Waals surface area contributed by atoms with Crippen LogP contribution in [-0.2, 0) is 14.8 Å². The van der Waals surface area contributed by atoms with Gasteiger partial charge in [0.15, 0.2) is 17.5 Å². The van der Waals surface area contributed by atoms with Crippen molar-refractivity contribution in [2.75, 3.05) is 6.54 Å². The van der Waals surface area contributed by atoms with Crippen LogP contribution in [0.2, 0.25) is 0 Å². The second kappa shape index (κ2) is 5.64. The zero-order valence-corrected chi connectivity index (χ0v) is 11.5. The first-order chi connectivity index (χ1) is 9.75. The number of hydrogen-bond acceptors (Lipinski definition) is 3. The molecule has 0 amide bonds. The van der Waals surface area contributed by atoms with Crippen LogP contribution in [0.5, 0.6) is 0 Å². The largest absolute Gasteiger partial charge is 0.481 e. The Bertz CT molecular complexity index is 677. The highest BCUT2D eigenvalue weighted by Gasteiger charge is 2.38. The van der Waals surface area contributed by atoms with Crippen molar-refractivity contribution in [1.82, 2.24) is 4.31 Å². The molecule has 21 heavy (non-hydrogen) atoms.